The van der Waals surface area contributed by atoms with E-state index in [2.05, 4.69) is 4.98 Å². The summed E-state index contributed by atoms with van der Waals surface area (Å²) in [6.45, 7) is 2.23. The fraction of sp³-hybridized carbons (Fsp3) is 0.286. The average molecular weight is 412 g/mol. The summed E-state index contributed by atoms with van der Waals surface area (Å²) in [5.74, 6) is -1.18. The Balaban J connectivity index is 1.55. The summed E-state index contributed by atoms with van der Waals surface area (Å²) in [5, 5.41) is 9.83. The number of aromatic nitrogens is 1. The molecule has 1 aliphatic carbocycles. The maximum absolute atomic E-state index is 12.6. The number of para-hydroxylation sites is 1. The monoisotopic (exact) mass is 412 g/mol. The van der Waals surface area contributed by atoms with Crippen LogP contribution in [0.25, 0.3) is 10.2 Å². The van der Waals surface area contributed by atoms with Gasteiger partial charge in [0, 0.05) is 0 Å². The van der Waals surface area contributed by atoms with Crippen LogP contribution in [-0.2, 0) is 26.3 Å². The van der Waals surface area contributed by atoms with Crippen molar-refractivity contribution in [3.05, 3.63) is 59.1 Å². The first-order chi connectivity index (χ1) is 14.1. The number of hydroxylamine groups is 1. The minimum Gasteiger partial charge on any atom is -0.486 e. The molecule has 1 heterocycles. The molecule has 29 heavy (non-hydrogen) atoms. The highest BCUT2D eigenvalue weighted by Crippen LogP contribution is 2.55. The van der Waals surface area contributed by atoms with Crippen molar-refractivity contribution < 1.29 is 24.3 Å². The van der Waals surface area contributed by atoms with Gasteiger partial charge >= 0.3 is 5.97 Å². The molecule has 0 bridgehead atoms. The zero-order chi connectivity index (χ0) is 20.4. The number of nitrogens with zero attached hydrogens (tertiary/aromatic N) is 1. The summed E-state index contributed by atoms with van der Waals surface area (Å²) in [6.07, 6.45) is 0.277. The fourth-order valence-corrected chi connectivity index (χ4v) is 4.45. The molecule has 1 fully saturated rings. The first kappa shape index (κ1) is 19.4. The quantitative estimate of drug-likeness (QED) is 0.351. The predicted octanol–water partition coefficient (Wildman–Crippen LogP) is 3.20. The number of hydrogen-bond donors (Lipinski definition) is 2. The molecule has 150 valence electrons. The number of rotatable bonds is 7. The van der Waals surface area contributed by atoms with Crippen molar-refractivity contribution in [3.8, 4) is 5.75 Å². The van der Waals surface area contributed by atoms with E-state index >= 15 is 0 Å². The van der Waals surface area contributed by atoms with Gasteiger partial charge in [-0.1, -0.05) is 24.3 Å². The molecule has 0 aliphatic heterocycles. The van der Waals surface area contributed by atoms with Crippen molar-refractivity contribution in [2.24, 2.45) is 5.92 Å². The third-order valence-electron chi connectivity index (χ3n) is 5.08. The summed E-state index contributed by atoms with van der Waals surface area (Å²) < 4.78 is 12.2. The SMILES string of the molecule is CCOC(=O)[C@@]1(c2cccc(OCc3nc4ccccc4s3)c2)C[C@@H]1C(=O)NO. The first-order valence-corrected chi connectivity index (χ1v) is 10.1. The number of benzene rings is 2. The molecule has 8 heteroatoms. The molecule has 2 aromatic carbocycles. The third kappa shape index (κ3) is 3.56. The van der Waals surface area contributed by atoms with E-state index in [4.69, 9.17) is 14.7 Å². The largest absolute Gasteiger partial charge is 0.486 e. The van der Waals surface area contributed by atoms with Gasteiger partial charge in [0.25, 0.3) is 0 Å². The Kier molecular flexibility index (Phi) is 5.21. The van der Waals surface area contributed by atoms with Crippen molar-refractivity contribution in [3.63, 3.8) is 0 Å². The minimum atomic E-state index is -1.10. The number of fused-ring (bicyclic) bond motifs is 1. The van der Waals surface area contributed by atoms with Gasteiger partial charge in [-0.05, 0) is 43.2 Å². The Bertz CT molecular complexity index is 1030. The third-order valence-corrected chi connectivity index (χ3v) is 6.09. The smallest absolute Gasteiger partial charge is 0.317 e. The van der Waals surface area contributed by atoms with Crippen LogP contribution >= 0.6 is 11.3 Å². The summed E-state index contributed by atoms with van der Waals surface area (Å²) in [4.78, 5) is 29.1. The van der Waals surface area contributed by atoms with Crippen molar-refractivity contribution in [1.29, 1.82) is 0 Å². The number of thiazole rings is 1. The molecule has 2 atom stereocenters. The van der Waals surface area contributed by atoms with Crippen LogP contribution in [0.15, 0.2) is 48.5 Å². The molecular formula is C21H20N2O5S. The molecule has 0 spiro atoms. The summed E-state index contributed by atoms with van der Waals surface area (Å²) >= 11 is 1.57. The number of hydrogen-bond acceptors (Lipinski definition) is 7. The lowest BCUT2D eigenvalue weighted by Gasteiger charge is -2.17. The zero-order valence-corrected chi connectivity index (χ0v) is 16.6. The van der Waals surface area contributed by atoms with Gasteiger partial charge < -0.3 is 9.47 Å². The van der Waals surface area contributed by atoms with Crippen LogP contribution in [0.4, 0.5) is 0 Å². The van der Waals surface area contributed by atoms with Crippen LogP contribution in [-0.4, -0.2) is 28.7 Å². The average Bonchev–Trinajstić information content (AvgIpc) is 3.37. The fourth-order valence-electron chi connectivity index (χ4n) is 3.57. The van der Waals surface area contributed by atoms with E-state index < -0.39 is 23.2 Å². The van der Waals surface area contributed by atoms with E-state index in [0.717, 1.165) is 15.2 Å². The van der Waals surface area contributed by atoms with E-state index in [1.54, 1.807) is 48.0 Å². The Hall–Kier alpha value is -2.97. The van der Waals surface area contributed by atoms with E-state index in [1.165, 1.54) is 0 Å². The van der Waals surface area contributed by atoms with Crippen LogP contribution in [0, 0.1) is 5.92 Å². The van der Waals surface area contributed by atoms with E-state index in [0.29, 0.717) is 17.9 Å². The van der Waals surface area contributed by atoms with Gasteiger partial charge in [-0.2, -0.15) is 0 Å². The van der Waals surface area contributed by atoms with Gasteiger partial charge in [-0.15, -0.1) is 11.3 Å². The standard InChI is InChI=1S/C21H20N2O5S/c1-2-27-20(25)21(11-15(21)19(24)23-26)13-6-5-7-14(10-13)28-12-18-22-16-8-3-4-9-17(16)29-18/h3-10,15,26H,2,11-12H2,1H3,(H,23,24)/t15-,21-/m1/s1. The van der Waals surface area contributed by atoms with Gasteiger partial charge in [0.2, 0.25) is 5.91 Å². The normalized spacial score (nSPS) is 20.3. The Labute approximate surface area is 171 Å². The molecule has 1 amide bonds. The molecule has 1 aliphatic rings. The van der Waals surface area contributed by atoms with Crippen LogP contribution in [0.1, 0.15) is 23.9 Å². The van der Waals surface area contributed by atoms with E-state index in [-0.39, 0.29) is 13.0 Å². The van der Waals surface area contributed by atoms with Gasteiger partial charge in [0.1, 0.15) is 22.8 Å². The number of amides is 1. The van der Waals surface area contributed by atoms with Crippen LogP contribution in [0.2, 0.25) is 0 Å². The molecule has 2 N–H and O–H groups in total. The summed E-state index contributed by atoms with van der Waals surface area (Å²) in [6, 6.07) is 15.0. The molecule has 0 unspecified atom stereocenters. The topological polar surface area (TPSA) is 97.8 Å². The molecule has 3 aromatic rings. The van der Waals surface area contributed by atoms with Crippen LogP contribution in [0.3, 0.4) is 0 Å². The lowest BCUT2D eigenvalue weighted by Crippen LogP contribution is -2.32. The van der Waals surface area contributed by atoms with Crippen LogP contribution in [0.5, 0.6) is 5.75 Å². The molecule has 1 saturated carbocycles. The molecular weight excluding hydrogens is 392 g/mol. The minimum absolute atomic E-state index is 0.210. The molecule has 7 nitrogen and oxygen atoms in total. The van der Waals surface area contributed by atoms with Crippen molar-refractivity contribution in [2.75, 3.05) is 6.61 Å². The van der Waals surface area contributed by atoms with Crippen molar-refractivity contribution >= 4 is 33.4 Å². The molecule has 0 saturated heterocycles. The predicted molar refractivity (Wildman–Crippen MR) is 107 cm³/mol. The van der Waals surface area contributed by atoms with Crippen LogP contribution < -0.4 is 10.2 Å². The number of nitrogens with one attached hydrogen (secondary N) is 1. The first-order valence-electron chi connectivity index (χ1n) is 9.27. The van der Waals surface area contributed by atoms with Gasteiger partial charge in [-0.25, -0.2) is 10.5 Å². The second kappa shape index (κ2) is 7.81. The summed E-state index contributed by atoms with van der Waals surface area (Å²) in [7, 11) is 0. The number of carbonyl (C=O) groups excluding carboxylic acids is 2. The Morgan fingerprint density at radius 2 is 2.10 bits per heavy atom. The second-order valence-corrected chi connectivity index (χ2v) is 7.93. The van der Waals surface area contributed by atoms with E-state index in [1.807, 2.05) is 24.3 Å². The second-order valence-electron chi connectivity index (χ2n) is 6.82. The zero-order valence-electron chi connectivity index (χ0n) is 15.8. The lowest BCUT2D eigenvalue weighted by molar-refractivity contribution is -0.148. The van der Waals surface area contributed by atoms with Gasteiger partial charge in [0.05, 0.1) is 22.7 Å². The Morgan fingerprint density at radius 3 is 2.86 bits per heavy atom. The van der Waals surface area contributed by atoms with Gasteiger partial charge in [-0.3, -0.25) is 14.8 Å². The highest BCUT2D eigenvalue weighted by Gasteiger charge is 2.66. The van der Waals surface area contributed by atoms with Crippen molar-refractivity contribution in [1.82, 2.24) is 10.5 Å². The number of carbonyl (C=O) groups is 2. The molecule has 4 rings (SSSR count). The summed E-state index contributed by atoms with van der Waals surface area (Å²) in [5.41, 5.74) is 2.10. The molecule has 1 aromatic heterocycles. The number of esters is 1. The highest BCUT2D eigenvalue weighted by atomic mass is 32.1. The van der Waals surface area contributed by atoms with Crippen molar-refractivity contribution in [2.45, 2.75) is 25.4 Å². The highest BCUT2D eigenvalue weighted by molar-refractivity contribution is 7.18. The lowest BCUT2D eigenvalue weighted by atomic mass is 9.92. The Morgan fingerprint density at radius 1 is 1.28 bits per heavy atom. The maximum atomic E-state index is 12.6. The maximum Gasteiger partial charge on any atom is 0.317 e. The molecule has 0 radical (unpaired) electrons. The number of ether oxygens (including phenoxy) is 2. The van der Waals surface area contributed by atoms with E-state index in [9.17, 15) is 9.59 Å². The van der Waals surface area contributed by atoms with Gasteiger partial charge in [0.15, 0.2) is 0 Å².